The number of aliphatic carboxylic acids is 1. The van der Waals surface area contributed by atoms with Crippen molar-refractivity contribution in [3.05, 3.63) is 71.1 Å². The summed E-state index contributed by atoms with van der Waals surface area (Å²) < 4.78 is 17.3. The van der Waals surface area contributed by atoms with Crippen LogP contribution in [0.3, 0.4) is 0 Å². The number of carbonyl (C=O) groups is 2. The van der Waals surface area contributed by atoms with E-state index in [9.17, 15) is 9.59 Å². The van der Waals surface area contributed by atoms with Crippen LogP contribution in [-0.4, -0.2) is 34.9 Å². The zero-order valence-corrected chi connectivity index (χ0v) is 20.5. The van der Waals surface area contributed by atoms with Gasteiger partial charge >= 0.3 is 12.1 Å². The quantitative estimate of drug-likeness (QED) is 0.366. The van der Waals surface area contributed by atoms with E-state index in [1.54, 1.807) is 0 Å². The highest BCUT2D eigenvalue weighted by Crippen LogP contribution is 2.24. The minimum absolute atomic E-state index is 0.00884. The average molecular weight is 493 g/mol. The number of nitrogens with zero attached hydrogens (tertiary/aromatic N) is 1. The van der Waals surface area contributed by atoms with Crippen molar-refractivity contribution in [2.45, 2.75) is 64.5 Å². The fraction of sp³-hybridized carbons (Fsp3) is 0.393. The number of aromatic nitrogens is 1. The van der Waals surface area contributed by atoms with E-state index in [0.717, 1.165) is 53.8 Å². The number of carbonyl (C=O) groups excluding carboxylic acids is 1. The number of oxazole rings is 1. The number of alkyl carbamates (subject to hydrolysis) is 1. The van der Waals surface area contributed by atoms with Crippen LogP contribution in [0.4, 0.5) is 4.79 Å². The van der Waals surface area contributed by atoms with Crippen LogP contribution in [0.1, 0.15) is 54.7 Å². The molecule has 3 aromatic rings. The molecule has 0 aliphatic heterocycles. The number of nitrogens with one attached hydrogen (secondary N) is 1. The maximum absolute atomic E-state index is 12.2. The third kappa shape index (κ3) is 7.10. The summed E-state index contributed by atoms with van der Waals surface area (Å²) in [5.41, 5.74) is 3.42. The maximum Gasteiger partial charge on any atom is 0.407 e. The molecule has 0 spiro atoms. The molecule has 0 bridgehead atoms. The summed E-state index contributed by atoms with van der Waals surface area (Å²) in [6.07, 6.45) is 4.44. The van der Waals surface area contributed by atoms with Crippen LogP contribution in [0.25, 0.3) is 11.5 Å². The van der Waals surface area contributed by atoms with E-state index >= 15 is 0 Å². The first-order valence-electron chi connectivity index (χ1n) is 12.4. The Balaban J connectivity index is 1.36. The van der Waals surface area contributed by atoms with Crippen LogP contribution in [0.2, 0.25) is 0 Å². The molecular formula is C28H32N2O6. The van der Waals surface area contributed by atoms with Crippen LogP contribution in [0.5, 0.6) is 5.75 Å². The van der Waals surface area contributed by atoms with Crippen molar-refractivity contribution < 1.29 is 28.6 Å². The molecule has 8 nitrogen and oxygen atoms in total. The second-order valence-electron chi connectivity index (χ2n) is 8.98. The highest BCUT2D eigenvalue weighted by atomic mass is 16.6. The highest BCUT2D eigenvalue weighted by molar-refractivity contribution is 5.68. The lowest BCUT2D eigenvalue weighted by atomic mass is 10.0. The minimum atomic E-state index is -0.868. The van der Waals surface area contributed by atoms with Crippen LogP contribution < -0.4 is 10.1 Å². The van der Waals surface area contributed by atoms with Gasteiger partial charge in [-0.15, -0.1) is 0 Å². The van der Waals surface area contributed by atoms with Crippen molar-refractivity contribution in [1.29, 1.82) is 0 Å². The second-order valence-corrected chi connectivity index (χ2v) is 8.98. The molecule has 2 N–H and O–H groups in total. The predicted molar refractivity (Wildman–Crippen MR) is 134 cm³/mol. The fourth-order valence-electron chi connectivity index (χ4n) is 4.34. The van der Waals surface area contributed by atoms with Gasteiger partial charge in [0.2, 0.25) is 5.89 Å². The van der Waals surface area contributed by atoms with Crippen LogP contribution in [-0.2, 0) is 28.9 Å². The molecule has 1 fully saturated rings. The first-order chi connectivity index (χ1) is 17.5. The van der Waals surface area contributed by atoms with Gasteiger partial charge < -0.3 is 24.3 Å². The number of rotatable bonds is 11. The lowest BCUT2D eigenvalue weighted by Crippen LogP contribution is -2.27. The molecule has 2 aromatic carbocycles. The van der Waals surface area contributed by atoms with Gasteiger partial charge in [-0.2, -0.15) is 0 Å². The molecule has 1 aliphatic rings. The molecule has 0 unspecified atom stereocenters. The Labute approximate surface area is 210 Å². The second kappa shape index (κ2) is 12.2. The number of carboxylic acid groups (broad SMARTS) is 1. The monoisotopic (exact) mass is 492 g/mol. The highest BCUT2D eigenvalue weighted by Gasteiger charge is 2.19. The Morgan fingerprint density at radius 1 is 1.08 bits per heavy atom. The van der Waals surface area contributed by atoms with Crippen molar-refractivity contribution >= 4 is 12.1 Å². The summed E-state index contributed by atoms with van der Waals surface area (Å²) in [6.45, 7) is 2.52. The largest absolute Gasteiger partial charge is 0.493 e. The van der Waals surface area contributed by atoms with Crippen molar-refractivity contribution in [3.8, 4) is 17.2 Å². The van der Waals surface area contributed by atoms with Gasteiger partial charge in [-0.05, 0) is 74.4 Å². The van der Waals surface area contributed by atoms with Crippen molar-refractivity contribution in [2.24, 2.45) is 0 Å². The summed E-state index contributed by atoms with van der Waals surface area (Å²) in [4.78, 5) is 27.9. The molecule has 0 atom stereocenters. The minimum Gasteiger partial charge on any atom is -0.493 e. The summed E-state index contributed by atoms with van der Waals surface area (Å²) in [6, 6.07) is 15.3. The molecule has 1 heterocycles. The van der Waals surface area contributed by atoms with E-state index in [-0.39, 0.29) is 19.1 Å². The molecule has 1 aromatic heterocycles. The van der Waals surface area contributed by atoms with E-state index in [2.05, 4.69) is 10.3 Å². The number of aryl methyl sites for hydroxylation is 2. The van der Waals surface area contributed by atoms with E-state index < -0.39 is 12.1 Å². The number of hydrogen-bond donors (Lipinski definition) is 2. The Morgan fingerprint density at radius 2 is 1.86 bits per heavy atom. The van der Waals surface area contributed by atoms with Gasteiger partial charge in [-0.25, -0.2) is 9.78 Å². The Morgan fingerprint density at radius 3 is 2.61 bits per heavy atom. The van der Waals surface area contributed by atoms with Crippen LogP contribution in [0.15, 0.2) is 52.9 Å². The molecule has 4 rings (SSSR count). The van der Waals surface area contributed by atoms with Gasteiger partial charge in [0, 0.05) is 24.9 Å². The summed E-state index contributed by atoms with van der Waals surface area (Å²) in [5.74, 6) is 1.11. The topological polar surface area (TPSA) is 111 Å². The molecule has 1 aliphatic carbocycles. The molecule has 1 saturated carbocycles. The number of carboxylic acids is 1. The Hall–Kier alpha value is -3.81. The smallest absolute Gasteiger partial charge is 0.407 e. The maximum atomic E-state index is 12.2. The lowest BCUT2D eigenvalue weighted by Gasteiger charge is -2.15. The molecule has 36 heavy (non-hydrogen) atoms. The van der Waals surface area contributed by atoms with Crippen molar-refractivity contribution in [3.63, 3.8) is 0 Å². The summed E-state index contributed by atoms with van der Waals surface area (Å²) in [7, 11) is 0. The molecule has 0 radical (unpaired) electrons. The SMILES string of the molecule is Cc1oc(-c2ccccc2)nc1CCOc1ccc(CCC(=O)O)c(CNC(=O)OC2CCCC2)c1. The zero-order chi connectivity index (χ0) is 25.3. The summed E-state index contributed by atoms with van der Waals surface area (Å²) >= 11 is 0. The zero-order valence-electron chi connectivity index (χ0n) is 20.5. The van der Waals surface area contributed by atoms with Gasteiger partial charge in [0.25, 0.3) is 0 Å². The predicted octanol–water partition coefficient (Wildman–Crippen LogP) is 5.46. The van der Waals surface area contributed by atoms with E-state index in [1.165, 1.54) is 0 Å². The average Bonchev–Trinajstić information content (AvgIpc) is 3.52. The third-order valence-corrected chi connectivity index (χ3v) is 6.31. The molecule has 190 valence electrons. The fourth-order valence-corrected chi connectivity index (χ4v) is 4.34. The number of benzene rings is 2. The van der Waals surface area contributed by atoms with E-state index in [1.807, 2.05) is 55.5 Å². The number of hydrogen-bond acceptors (Lipinski definition) is 6. The molecule has 0 saturated heterocycles. The van der Waals surface area contributed by atoms with Crippen LogP contribution in [0, 0.1) is 6.92 Å². The van der Waals surface area contributed by atoms with Gasteiger partial charge in [0.15, 0.2) is 0 Å². The van der Waals surface area contributed by atoms with E-state index in [4.69, 9.17) is 19.0 Å². The van der Waals surface area contributed by atoms with Gasteiger partial charge in [-0.3, -0.25) is 4.79 Å². The molecule has 8 heteroatoms. The Kier molecular flexibility index (Phi) is 8.60. The molecular weight excluding hydrogens is 460 g/mol. The van der Waals surface area contributed by atoms with E-state index in [0.29, 0.717) is 31.1 Å². The van der Waals surface area contributed by atoms with Crippen LogP contribution >= 0.6 is 0 Å². The summed E-state index contributed by atoms with van der Waals surface area (Å²) in [5, 5.41) is 11.9. The normalized spacial score (nSPS) is 13.5. The van der Waals surface area contributed by atoms with Gasteiger partial charge in [0.05, 0.1) is 12.3 Å². The Bertz CT molecular complexity index is 1170. The van der Waals surface area contributed by atoms with Gasteiger partial charge in [0.1, 0.15) is 17.6 Å². The van der Waals surface area contributed by atoms with Crippen molar-refractivity contribution in [1.82, 2.24) is 10.3 Å². The third-order valence-electron chi connectivity index (χ3n) is 6.31. The number of amides is 1. The van der Waals surface area contributed by atoms with Gasteiger partial charge in [-0.1, -0.05) is 24.3 Å². The standard InChI is InChI=1S/C28H32N2O6/c1-19-25(30-27(35-19)21-7-3-2-4-8-21)15-16-34-24-13-11-20(12-14-26(31)32)22(17-24)18-29-28(33)36-23-9-5-6-10-23/h2-4,7-8,11,13,17,23H,5-6,9-10,12,14-16,18H2,1H3,(H,29,33)(H,31,32). The van der Waals surface area contributed by atoms with Crippen molar-refractivity contribution in [2.75, 3.05) is 6.61 Å². The number of ether oxygens (including phenoxy) is 2. The lowest BCUT2D eigenvalue weighted by molar-refractivity contribution is -0.136. The first-order valence-corrected chi connectivity index (χ1v) is 12.4. The first kappa shape index (κ1) is 25.3. The molecule has 1 amide bonds.